The molecule has 0 fully saturated rings. The van der Waals surface area contributed by atoms with Crippen molar-refractivity contribution in [1.29, 1.82) is 0 Å². The predicted molar refractivity (Wildman–Crippen MR) is 78.3 cm³/mol. The number of hydrogen-bond donors (Lipinski definition) is 1. The van der Waals surface area contributed by atoms with Crippen LogP contribution in [0.2, 0.25) is 0 Å². The second-order valence-electron chi connectivity index (χ2n) is 4.95. The van der Waals surface area contributed by atoms with E-state index in [0.717, 1.165) is 27.6 Å². The standard InChI is InChI=1S/C17H12N2O/c20-17-15-3-1-2-14(16(15)10-19-17)12-5-4-11-6-7-18-9-13(11)8-12/h1-9H,10H2,(H,19,20). The molecule has 2 heterocycles. The Balaban J connectivity index is 1.94. The zero-order valence-electron chi connectivity index (χ0n) is 10.8. The van der Waals surface area contributed by atoms with Gasteiger partial charge < -0.3 is 5.32 Å². The molecule has 0 spiro atoms. The molecular formula is C17H12N2O. The molecule has 0 aliphatic carbocycles. The van der Waals surface area contributed by atoms with Crippen molar-refractivity contribution in [3.63, 3.8) is 0 Å². The molecular weight excluding hydrogens is 248 g/mol. The molecule has 0 saturated heterocycles. The van der Waals surface area contributed by atoms with Gasteiger partial charge in [-0.05, 0) is 40.3 Å². The number of fused-ring (bicyclic) bond motifs is 2. The Kier molecular flexibility index (Phi) is 2.33. The van der Waals surface area contributed by atoms with Crippen molar-refractivity contribution >= 4 is 16.7 Å². The van der Waals surface area contributed by atoms with Gasteiger partial charge in [0.05, 0.1) is 0 Å². The maximum absolute atomic E-state index is 11.7. The molecule has 0 bridgehead atoms. The zero-order valence-corrected chi connectivity index (χ0v) is 10.8. The maximum atomic E-state index is 11.7. The molecule has 1 aliphatic heterocycles. The summed E-state index contributed by atoms with van der Waals surface area (Å²) in [5, 5.41) is 5.16. The van der Waals surface area contributed by atoms with Gasteiger partial charge in [-0.1, -0.05) is 24.3 Å². The van der Waals surface area contributed by atoms with Gasteiger partial charge >= 0.3 is 0 Å². The molecule has 0 atom stereocenters. The van der Waals surface area contributed by atoms with E-state index in [4.69, 9.17) is 0 Å². The fourth-order valence-corrected chi connectivity index (χ4v) is 2.78. The van der Waals surface area contributed by atoms with Crippen LogP contribution in [0.1, 0.15) is 15.9 Å². The summed E-state index contributed by atoms with van der Waals surface area (Å²) in [6.07, 6.45) is 3.66. The molecule has 0 radical (unpaired) electrons. The van der Waals surface area contributed by atoms with E-state index in [2.05, 4.69) is 34.6 Å². The van der Waals surface area contributed by atoms with Crippen LogP contribution >= 0.6 is 0 Å². The summed E-state index contributed by atoms with van der Waals surface area (Å²) in [4.78, 5) is 15.9. The third kappa shape index (κ3) is 1.60. The number of hydrogen-bond acceptors (Lipinski definition) is 2. The summed E-state index contributed by atoms with van der Waals surface area (Å²) in [5.74, 6) is 0.0179. The Labute approximate surface area is 116 Å². The van der Waals surface area contributed by atoms with Crippen LogP contribution in [-0.2, 0) is 6.54 Å². The van der Waals surface area contributed by atoms with Crippen LogP contribution in [-0.4, -0.2) is 10.9 Å². The van der Waals surface area contributed by atoms with Crippen molar-refractivity contribution in [1.82, 2.24) is 10.3 Å². The molecule has 1 aromatic heterocycles. The minimum absolute atomic E-state index is 0.0179. The largest absolute Gasteiger partial charge is 0.348 e. The van der Waals surface area contributed by atoms with Gasteiger partial charge in [0.15, 0.2) is 0 Å². The first-order chi connectivity index (χ1) is 9.83. The number of carbonyl (C=O) groups excluding carboxylic acids is 1. The number of rotatable bonds is 1. The van der Waals surface area contributed by atoms with Gasteiger partial charge in [-0.2, -0.15) is 0 Å². The lowest BCUT2D eigenvalue weighted by molar-refractivity contribution is 0.0966. The van der Waals surface area contributed by atoms with E-state index < -0.39 is 0 Å². The van der Waals surface area contributed by atoms with Crippen LogP contribution < -0.4 is 5.32 Å². The summed E-state index contributed by atoms with van der Waals surface area (Å²) >= 11 is 0. The molecule has 96 valence electrons. The summed E-state index contributed by atoms with van der Waals surface area (Å²) in [7, 11) is 0. The molecule has 1 N–H and O–H groups in total. The third-order valence-corrected chi connectivity index (χ3v) is 3.80. The second kappa shape index (κ2) is 4.17. The minimum Gasteiger partial charge on any atom is -0.348 e. The average Bonchev–Trinajstić information content (AvgIpc) is 2.88. The molecule has 4 rings (SSSR count). The van der Waals surface area contributed by atoms with Crippen LogP contribution in [0.4, 0.5) is 0 Å². The number of nitrogens with zero attached hydrogens (tertiary/aromatic N) is 1. The highest BCUT2D eigenvalue weighted by atomic mass is 16.1. The summed E-state index contributed by atoms with van der Waals surface area (Å²) in [6, 6.07) is 14.2. The van der Waals surface area contributed by atoms with E-state index in [9.17, 15) is 4.79 Å². The third-order valence-electron chi connectivity index (χ3n) is 3.80. The highest BCUT2D eigenvalue weighted by molar-refractivity contribution is 6.01. The van der Waals surface area contributed by atoms with Gasteiger partial charge in [-0.15, -0.1) is 0 Å². The van der Waals surface area contributed by atoms with Crippen molar-refractivity contribution in [3.8, 4) is 11.1 Å². The number of carbonyl (C=O) groups is 1. The van der Waals surface area contributed by atoms with Gasteiger partial charge in [0.25, 0.3) is 5.91 Å². The fraction of sp³-hybridized carbons (Fsp3) is 0.0588. The highest BCUT2D eigenvalue weighted by Crippen LogP contribution is 2.30. The van der Waals surface area contributed by atoms with Gasteiger partial charge in [0, 0.05) is 29.9 Å². The molecule has 1 aliphatic rings. The topological polar surface area (TPSA) is 42.0 Å². The smallest absolute Gasteiger partial charge is 0.251 e. The van der Waals surface area contributed by atoms with E-state index in [0.29, 0.717) is 6.54 Å². The van der Waals surface area contributed by atoms with E-state index in [1.807, 2.05) is 24.4 Å². The van der Waals surface area contributed by atoms with Gasteiger partial charge in [0.1, 0.15) is 0 Å². The number of aromatic nitrogens is 1. The van der Waals surface area contributed by atoms with Gasteiger partial charge in [-0.3, -0.25) is 9.78 Å². The van der Waals surface area contributed by atoms with Crippen molar-refractivity contribution in [2.75, 3.05) is 0 Å². The summed E-state index contributed by atoms with van der Waals surface area (Å²) < 4.78 is 0. The van der Waals surface area contributed by atoms with Gasteiger partial charge in [0.2, 0.25) is 0 Å². The van der Waals surface area contributed by atoms with E-state index in [-0.39, 0.29) is 5.91 Å². The molecule has 1 amide bonds. The van der Waals surface area contributed by atoms with Crippen LogP contribution in [0.25, 0.3) is 21.9 Å². The predicted octanol–water partition coefficient (Wildman–Crippen LogP) is 3.15. The second-order valence-corrected chi connectivity index (χ2v) is 4.95. The van der Waals surface area contributed by atoms with Crippen molar-refractivity contribution in [2.45, 2.75) is 6.54 Å². The fourth-order valence-electron chi connectivity index (χ4n) is 2.78. The summed E-state index contributed by atoms with van der Waals surface area (Å²) in [6.45, 7) is 0.607. The zero-order chi connectivity index (χ0) is 13.5. The average molecular weight is 260 g/mol. The maximum Gasteiger partial charge on any atom is 0.251 e. The van der Waals surface area contributed by atoms with Crippen molar-refractivity contribution in [3.05, 3.63) is 66.0 Å². The molecule has 3 nitrogen and oxygen atoms in total. The van der Waals surface area contributed by atoms with E-state index in [1.165, 1.54) is 5.39 Å². The van der Waals surface area contributed by atoms with Crippen LogP contribution in [0.5, 0.6) is 0 Å². The summed E-state index contributed by atoms with van der Waals surface area (Å²) in [5.41, 5.74) is 4.11. The van der Waals surface area contributed by atoms with Crippen molar-refractivity contribution in [2.24, 2.45) is 0 Å². The molecule has 20 heavy (non-hydrogen) atoms. The van der Waals surface area contributed by atoms with Gasteiger partial charge in [-0.25, -0.2) is 0 Å². The van der Waals surface area contributed by atoms with E-state index in [1.54, 1.807) is 6.20 Å². The normalized spacial score (nSPS) is 13.3. The van der Waals surface area contributed by atoms with Crippen molar-refractivity contribution < 1.29 is 4.79 Å². The van der Waals surface area contributed by atoms with E-state index >= 15 is 0 Å². The molecule has 3 aromatic rings. The highest BCUT2D eigenvalue weighted by Gasteiger charge is 2.21. The molecule has 0 unspecified atom stereocenters. The van der Waals surface area contributed by atoms with Crippen LogP contribution in [0, 0.1) is 0 Å². The monoisotopic (exact) mass is 260 g/mol. The number of pyridine rings is 1. The first kappa shape index (κ1) is 11.2. The Morgan fingerprint density at radius 1 is 1.00 bits per heavy atom. The molecule has 0 saturated carbocycles. The quantitative estimate of drug-likeness (QED) is 0.730. The SMILES string of the molecule is O=C1NCc2c1cccc2-c1ccc2ccncc2c1. The first-order valence-electron chi connectivity index (χ1n) is 6.57. The molecule has 2 aromatic carbocycles. The number of nitrogens with one attached hydrogen (secondary N) is 1. The lowest BCUT2D eigenvalue weighted by Crippen LogP contribution is -2.12. The Bertz CT molecular complexity index is 839. The Morgan fingerprint density at radius 3 is 2.85 bits per heavy atom. The Morgan fingerprint density at radius 2 is 1.90 bits per heavy atom. The minimum atomic E-state index is 0.0179. The van der Waals surface area contributed by atoms with Crippen LogP contribution in [0.15, 0.2) is 54.9 Å². The lowest BCUT2D eigenvalue weighted by Gasteiger charge is -2.08. The molecule has 3 heteroatoms. The number of benzene rings is 2. The van der Waals surface area contributed by atoms with Crippen LogP contribution in [0.3, 0.4) is 0 Å². The lowest BCUT2D eigenvalue weighted by atomic mass is 9.95. The first-order valence-corrected chi connectivity index (χ1v) is 6.57. The Hall–Kier alpha value is -2.68. The number of amides is 1.